The molecular formula is C19H14ClN7O2. The van der Waals surface area contributed by atoms with E-state index in [0.29, 0.717) is 16.4 Å². The van der Waals surface area contributed by atoms with Gasteiger partial charge in [-0.15, -0.1) is 5.10 Å². The van der Waals surface area contributed by atoms with Crippen LogP contribution in [0.3, 0.4) is 0 Å². The molecule has 4 rings (SSSR count). The third-order valence-corrected chi connectivity index (χ3v) is 4.32. The van der Waals surface area contributed by atoms with E-state index < -0.39 is 0 Å². The van der Waals surface area contributed by atoms with Gasteiger partial charge in [0, 0.05) is 22.3 Å². The topological polar surface area (TPSA) is 108 Å². The van der Waals surface area contributed by atoms with E-state index in [9.17, 15) is 9.59 Å². The van der Waals surface area contributed by atoms with Crippen molar-refractivity contribution in [3.8, 4) is 16.9 Å². The van der Waals surface area contributed by atoms with Crippen LogP contribution in [-0.4, -0.2) is 35.9 Å². The third kappa shape index (κ3) is 4.36. The van der Waals surface area contributed by atoms with Gasteiger partial charge in [-0.2, -0.15) is 5.10 Å². The molecule has 0 saturated heterocycles. The summed E-state index contributed by atoms with van der Waals surface area (Å²) in [6.07, 6.45) is 1.47. The lowest BCUT2D eigenvalue weighted by atomic mass is 10.1. The number of nitrogens with one attached hydrogen (secondary N) is 1. The Bertz CT molecular complexity index is 1190. The molecule has 0 spiro atoms. The van der Waals surface area contributed by atoms with E-state index in [-0.39, 0.29) is 18.0 Å². The van der Waals surface area contributed by atoms with Crippen LogP contribution in [-0.2, 0) is 11.3 Å². The summed E-state index contributed by atoms with van der Waals surface area (Å²) in [6.45, 7) is -0.213. The van der Waals surface area contributed by atoms with Gasteiger partial charge in [-0.05, 0) is 52.9 Å². The second-order valence-electron chi connectivity index (χ2n) is 6.07. The summed E-state index contributed by atoms with van der Waals surface area (Å²) in [6, 6.07) is 17.0. The van der Waals surface area contributed by atoms with Gasteiger partial charge in [-0.1, -0.05) is 23.7 Å². The van der Waals surface area contributed by atoms with Crippen molar-refractivity contribution in [3.63, 3.8) is 0 Å². The van der Waals surface area contributed by atoms with Gasteiger partial charge in [0.2, 0.25) is 5.91 Å². The van der Waals surface area contributed by atoms with Crippen LogP contribution in [0.25, 0.3) is 16.9 Å². The van der Waals surface area contributed by atoms with E-state index in [1.807, 2.05) is 0 Å². The summed E-state index contributed by atoms with van der Waals surface area (Å²) in [5, 5.41) is 18.6. The van der Waals surface area contributed by atoms with Gasteiger partial charge < -0.3 is 5.32 Å². The normalized spacial score (nSPS) is 10.7. The van der Waals surface area contributed by atoms with Crippen molar-refractivity contribution in [2.45, 2.75) is 6.54 Å². The molecule has 4 aromatic rings. The van der Waals surface area contributed by atoms with Crippen LogP contribution in [0.2, 0.25) is 5.02 Å². The number of aromatic nitrogens is 6. The van der Waals surface area contributed by atoms with Crippen LogP contribution in [0, 0.1) is 0 Å². The van der Waals surface area contributed by atoms with Crippen molar-refractivity contribution in [2.24, 2.45) is 0 Å². The molecule has 1 amide bonds. The second-order valence-corrected chi connectivity index (χ2v) is 6.51. The largest absolute Gasteiger partial charge is 0.324 e. The van der Waals surface area contributed by atoms with E-state index in [4.69, 9.17) is 11.6 Å². The molecular weight excluding hydrogens is 394 g/mol. The molecule has 29 heavy (non-hydrogen) atoms. The second kappa shape index (κ2) is 8.03. The molecule has 2 aromatic heterocycles. The Kier molecular flexibility index (Phi) is 5.12. The first-order valence-corrected chi connectivity index (χ1v) is 8.94. The van der Waals surface area contributed by atoms with E-state index in [1.54, 1.807) is 54.6 Å². The molecule has 144 valence electrons. The average molecular weight is 408 g/mol. The van der Waals surface area contributed by atoms with Crippen molar-refractivity contribution >= 4 is 23.2 Å². The van der Waals surface area contributed by atoms with E-state index in [0.717, 1.165) is 15.9 Å². The molecule has 0 aliphatic carbocycles. The number of carbonyl (C=O) groups excluding carboxylic acids is 1. The quantitative estimate of drug-likeness (QED) is 0.543. The lowest BCUT2D eigenvalue weighted by Gasteiger charge is -2.09. The summed E-state index contributed by atoms with van der Waals surface area (Å²) in [4.78, 5) is 24.5. The third-order valence-electron chi connectivity index (χ3n) is 4.06. The van der Waals surface area contributed by atoms with Gasteiger partial charge in [0.05, 0.1) is 11.4 Å². The first kappa shape index (κ1) is 18.5. The van der Waals surface area contributed by atoms with Crippen LogP contribution in [0.5, 0.6) is 0 Å². The van der Waals surface area contributed by atoms with Crippen LogP contribution < -0.4 is 10.9 Å². The molecule has 0 bridgehead atoms. The summed E-state index contributed by atoms with van der Waals surface area (Å²) < 4.78 is 2.62. The highest BCUT2D eigenvalue weighted by atomic mass is 35.5. The number of halogens is 1. The molecule has 0 aliphatic rings. The van der Waals surface area contributed by atoms with Gasteiger partial charge in [-0.25, -0.2) is 9.36 Å². The minimum Gasteiger partial charge on any atom is -0.324 e. The highest BCUT2D eigenvalue weighted by molar-refractivity contribution is 6.30. The van der Waals surface area contributed by atoms with Crippen molar-refractivity contribution in [2.75, 3.05) is 5.32 Å². The Hall–Kier alpha value is -3.85. The Labute approximate surface area is 169 Å². The predicted molar refractivity (Wildman–Crippen MR) is 107 cm³/mol. The predicted octanol–water partition coefficient (Wildman–Crippen LogP) is 2.18. The number of nitrogens with zero attached hydrogens (tertiary/aromatic N) is 6. The van der Waals surface area contributed by atoms with Crippen molar-refractivity contribution in [1.82, 2.24) is 30.0 Å². The standard InChI is InChI=1S/C19H14ClN7O2/c20-14-3-1-13(2-4-14)17-9-10-19(29)26(23-17)11-18(28)22-15-5-7-16(8-6-15)27-12-21-24-25-27/h1-10,12H,11H2,(H,22,28). The number of hydrogen-bond donors (Lipinski definition) is 1. The molecule has 2 aromatic carbocycles. The first-order valence-electron chi connectivity index (χ1n) is 8.56. The van der Waals surface area contributed by atoms with Gasteiger partial charge in [0.1, 0.15) is 12.9 Å². The first-order chi connectivity index (χ1) is 14.1. The molecule has 0 aliphatic heterocycles. The molecule has 0 fully saturated rings. The SMILES string of the molecule is O=C(Cn1nc(-c2ccc(Cl)cc2)ccc1=O)Nc1ccc(-n2cnnn2)cc1. The van der Waals surface area contributed by atoms with Crippen molar-refractivity contribution in [1.29, 1.82) is 0 Å². The van der Waals surface area contributed by atoms with E-state index in [2.05, 4.69) is 25.9 Å². The average Bonchev–Trinajstić information content (AvgIpc) is 3.26. The van der Waals surface area contributed by atoms with Crippen LogP contribution in [0.15, 0.2) is 71.8 Å². The van der Waals surface area contributed by atoms with Gasteiger partial charge in [0.15, 0.2) is 0 Å². The molecule has 0 saturated carbocycles. The summed E-state index contributed by atoms with van der Waals surface area (Å²) in [5.74, 6) is -0.372. The van der Waals surface area contributed by atoms with Crippen LogP contribution in [0.1, 0.15) is 0 Å². The zero-order chi connectivity index (χ0) is 20.2. The number of anilines is 1. The molecule has 0 atom stereocenters. The number of tetrazole rings is 1. The Morgan fingerprint density at radius 1 is 1.00 bits per heavy atom. The highest BCUT2D eigenvalue weighted by Crippen LogP contribution is 2.18. The van der Waals surface area contributed by atoms with Gasteiger partial charge in [0.25, 0.3) is 5.56 Å². The highest BCUT2D eigenvalue weighted by Gasteiger charge is 2.09. The number of carbonyl (C=O) groups is 1. The minimum atomic E-state index is -0.372. The smallest absolute Gasteiger partial charge is 0.267 e. The number of rotatable bonds is 5. The molecule has 9 nitrogen and oxygen atoms in total. The summed E-state index contributed by atoms with van der Waals surface area (Å²) in [5.41, 5.74) is 2.32. The summed E-state index contributed by atoms with van der Waals surface area (Å²) in [7, 11) is 0. The maximum absolute atomic E-state index is 12.4. The molecule has 10 heteroatoms. The fourth-order valence-corrected chi connectivity index (χ4v) is 2.78. The fraction of sp³-hybridized carbons (Fsp3) is 0.0526. The van der Waals surface area contributed by atoms with Gasteiger partial charge in [-0.3, -0.25) is 9.59 Å². The molecule has 0 unspecified atom stereocenters. The lowest BCUT2D eigenvalue weighted by molar-refractivity contribution is -0.117. The zero-order valence-corrected chi connectivity index (χ0v) is 15.7. The maximum atomic E-state index is 12.4. The molecule has 1 N–H and O–H groups in total. The van der Waals surface area contributed by atoms with E-state index >= 15 is 0 Å². The van der Waals surface area contributed by atoms with Crippen LogP contribution >= 0.6 is 11.6 Å². The van der Waals surface area contributed by atoms with Crippen molar-refractivity contribution < 1.29 is 4.79 Å². The zero-order valence-electron chi connectivity index (χ0n) is 14.9. The Morgan fingerprint density at radius 2 is 1.76 bits per heavy atom. The number of hydrogen-bond acceptors (Lipinski definition) is 6. The Morgan fingerprint density at radius 3 is 2.45 bits per heavy atom. The number of benzene rings is 2. The Balaban J connectivity index is 1.47. The van der Waals surface area contributed by atoms with Crippen molar-refractivity contribution in [3.05, 3.63) is 82.4 Å². The van der Waals surface area contributed by atoms with Crippen LogP contribution in [0.4, 0.5) is 5.69 Å². The molecule has 0 radical (unpaired) electrons. The number of amides is 1. The van der Waals surface area contributed by atoms with Gasteiger partial charge >= 0.3 is 0 Å². The molecule has 2 heterocycles. The van der Waals surface area contributed by atoms with E-state index in [1.165, 1.54) is 17.1 Å². The maximum Gasteiger partial charge on any atom is 0.267 e. The monoisotopic (exact) mass is 407 g/mol. The fourth-order valence-electron chi connectivity index (χ4n) is 2.65. The lowest BCUT2D eigenvalue weighted by Crippen LogP contribution is -2.29. The minimum absolute atomic E-state index is 0.213. The summed E-state index contributed by atoms with van der Waals surface area (Å²) >= 11 is 5.90.